The summed E-state index contributed by atoms with van der Waals surface area (Å²) in [7, 11) is 0. The summed E-state index contributed by atoms with van der Waals surface area (Å²) in [6.45, 7) is 0. The van der Waals surface area contributed by atoms with Gasteiger partial charge in [-0.2, -0.15) is 0 Å². The lowest BCUT2D eigenvalue weighted by molar-refractivity contribution is -0.159. The number of hydrogen-bond acceptors (Lipinski definition) is 4. The third kappa shape index (κ3) is 3.16. The SMILES string of the molecule is O=C(O)C1CC(C(=O)O)C(C(C(=O)O)C2CCCC2)C1C(=O)O. The zero-order valence-electron chi connectivity index (χ0n) is 12.4. The second-order valence-corrected chi connectivity index (χ2v) is 6.48. The molecule has 4 N–H and O–H groups in total. The summed E-state index contributed by atoms with van der Waals surface area (Å²) in [5.74, 6) is -12.1. The molecule has 8 heteroatoms. The summed E-state index contributed by atoms with van der Waals surface area (Å²) < 4.78 is 0. The van der Waals surface area contributed by atoms with Crippen LogP contribution < -0.4 is 0 Å². The van der Waals surface area contributed by atoms with Crippen LogP contribution in [0.1, 0.15) is 32.1 Å². The molecular formula is C15H20O8. The van der Waals surface area contributed by atoms with Gasteiger partial charge in [0.2, 0.25) is 0 Å². The van der Waals surface area contributed by atoms with Crippen molar-refractivity contribution in [2.75, 3.05) is 0 Å². The second kappa shape index (κ2) is 6.55. The number of hydrogen-bond donors (Lipinski definition) is 4. The van der Waals surface area contributed by atoms with Crippen molar-refractivity contribution in [3.8, 4) is 0 Å². The Morgan fingerprint density at radius 1 is 0.783 bits per heavy atom. The molecule has 2 rings (SSSR count). The van der Waals surface area contributed by atoms with Crippen LogP contribution in [-0.4, -0.2) is 44.3 Å². The maximum atomic E-state index is 11.8. The van der Waals surface area contributed by atoms with Gasteiger partial charge in [0.15, 0.2) is 0 Å². The Kier molecular flexibility index (Phi) is 4.91. The quantitative estimate of drug-likeness (QED) is 0.564. The topological polar surface area (TPSA) is 149 Å². The standard InChI is InChI=1S/C15H20O8/c16-12(17)7-5-8(13(18)19)11(15(22)23)10(7)9(14(20)21)6-3-1-2-4-6/h6-11H,1-5H2,(H,16,17)(H,18,19)(H,20,21)(H,22,23). The predicted octanol–water partition coefficient (Wildman–Crippen LogP) is 1.000. The van der Waals surface area contributed by atoms with Crippen LogP contribution in [0.15, 0.2) is 0 Å². The van der Waals surface area contributed by atoms with Gasteiger partial charge in [0.25, 0.3) is 0 Å². The normalized spacial score (nSPS) is 32.5. The highest BCUT2D eigenvalue weighted by molar-refractivity contribution is 5.85. The van der Waals surface area contributed by atoms with Crippen LogP contribution in [-0.2, 0) is 19.2 Å². The van der Waals surface area contributed by atoms with E-state index in [1.54, 1.807) is 0 Å². The fraction of sp³-hybridized carbons (Fsp3) is 0.733. The van der Waals surface area contributed by atoms with Crippen LogP contribution in [0.2, 0.25) is 0 Å². The zero-order chi connectivity index (χ0) is 17.3. The lowest BCUT2D eigenvalue weighted by atomic mass is 9.71. The van der Waals surface area contributed by atoms with E-state index in [0.717, 1.165) is 12.8 Å². The van der Waals surface area contributed by atoms with Crippen molar-refractivity contribution in [1.82, 2.24) is 0 Å². The summed E-state index contributed by atoms with van der Waals surface area (Å²) in [6.07, 6.45) is 2.49. The third-order valence-corrected chi connectivity index (χ3v) is 5.35. The monoisotopic (exact) mass is 328 g/mol. The van der Waals surface area contributed by atoms with Gasteiger partial charge >= 0.3 is 23.9 Å². The van der Waals surface area contributed by atoms with Crippen LogP contribution in [0.3, 0.4) is 0 Å². The molecule has 2 saturated carbocycles. The zero-order valence-corrected chi connectivity index (χ0v) is 12.4. The number of rotatable bonds is 6. The van der Waals surface area contributed by atoms with Crippen LogP contribution in [0, 0.1) is 35.5 Å². The molecule has 23 heavy (non-hydrogen) atoms. The van der Waals surface area contributed by atoms with E-state index in [9.17, 15) is 39.6 Å². The minimum absolute atomic E-state index is 0.297. The Bertz CT molecular complexity index is 522. The fourth-order valence-corrected chi connectivity index (χ4v) is 4.42. The van der Waals surface area contributed by atoms with Crippen molar-refractivity contribution >= 4 is 23.9 Å². The van der Waals surface area contributed by atoms with E-state index in [1.165, 1.54) is 0 Å². The molecule has 2 aliphatic carbocycles. The Hall–Kier alpha value is -2.12. The molecule has 0 spiro atoms. The van der Waals surface area contributed by atoms with Gasteiger partial charge in [-0.3, -0.25) is 19.2 Å². The van der Waals surface area contributed by atoms with Gasteiger partial charge in [0, 0.05) is 0 Å². The number of carbonyl (C=O) groups is 4. The second-order valence-electron chi connectivity index (χ2n) is 6.48. The Labute approximate surface area is 132 Å². The summed E-state index contributed by atoms with van der Waals surface area (Å²) in [5, 5.41) is 37.6. The number of carboxylic acid groups (broad SMARTS) is 4. The summed E-state index contributed by atoms with van der Waals surface area (Å²) >= 11 is 0. The maximum absolute atomic E-state index is 11.8. The predicted molar refractivity (Wildman–Crippen MR) is 74.6 cm³/mol. The van der Waals surface area contributed by atoms with Gasteiger partial charge in [0.1, 0.15) is 0 Å². The molecule has 0 saturated heterocycles. The first-order valence-electron chi connectivity index (χ1n) is 7.67. The third-order valence-electron chi connectivity index (χ3n) is 5.35. The smallest absolute Gasteiger partial charge is 0.307 e. The molecule has 0 aromatic heterocycles. The summed E-state index contributed by atoms with van der Waals surface area (Å²) in [4.78, 5) is 46.2. The number of carboxylic acids is 4. The van der Waals surface area contributed by atoms with Gasteiger partial charge in [-0.15, -0.1) is 0 Å². The van der Waals surface area contributed by atoms with E-state index < -0.39 is 53.5 Å². The maximum Gasteiger partial charge on any atom is 0.307 e. The largest absolute Gasteiger partial charge is 0.481 e. The summed E-state index contributed by atoms with van der Waals surface area (Å²) in [6, 6.07) is 0. The first-order valence-corrected chi connectivity index (χ1v) is 7.67. The summed E-state index contributed by atoms with van der Waals surface area (Å²) in [5.41, 5.74) is 0. The highest BCUT2D eigenvalue weighted by Crippen LogP contribution is 2.50. The highest BCUT2D eigenvalue weighted by atomic mass is 16.4. The molecule has 5 unspecified atom stereocenters. The van der Waals surface area contributed by atoms with Crippen molar-refractivity contribution in [2.45, 2.75) is 32.1 Å². The van der Waals surface area contributed by atoms with Crippen LogP contribution in [0.4, 0.5) is 0 Å². The van der Waals surface area contributed by atoms with E-state index in [0.29, 0.717) is 12.8 Å². The Morgan fingerprint density at radius 2 is 1.30 bits per heavy atom. The van der Waals surface area contributed by atoms with Crippen molar-refractivity contribution in [3.63, 3.8) is 0 Å². The molecule has 2 aliphatic rings. The molecule has 0 aliphatic heterocycles. The van der Waals surface area contributed by atoms with Gasteiger partial charge < -0.3 is 20.4 Å². The van der Waals surface area contributed by atoms with Crippen molar-refractivity contribution in [1.29, 1.82) is 0 Å². The first-order chi connectivity index (χ1) is 10.8. The Morgan fingerprint density at radius 3 is 1.70 bits per heavy atom. The van der Waals surface area contributed by atoms with E-state index >= 15 is 0 Å². The van der Waals surface area contributed by atoms with E-state index in [2.05, 4.69) is 0 Å². The van der Waals surface area contributed by atoms with Crippen molar-refractivity contribution < 1.29 is 39.6 Å². The molecule has 0 aromatic rings. The minimum atomic E-state index is -1.49. The molecule has 8 nitrogen and oxygen atoms in total. The Balaban J connectivity index is 2.46. The average molecular weight is 328 g/mol. The van der Waals surface area contributed by atoms with Crippen molar-refractivity contribution in [3.05, 3.63) is 0 Å². The molecule has 0 heterocycles. The average Bonchev–Trinajstić information content (AvgIpc) is 3.05. The molecule has 0 bridgehead atoms. The molecule has 5 atom stereocenters. The lowest BCUT2D eigenvalue weighted by Gasteiger charge is -2.31. The molecule has 0 aromatic carbocycles. The van der Waals surface area contributed by atoms with Gasteiger partial charge in [-0.1, -0.05) is 12.8 Å². The molecule has 0 radical (unpaired) electrons. The number of aliphatic carboxylic acids is 4. The van der Waals surface area contributed by atoms with E-state index in [4.69, 9.17) is 0 Å². The first kappa shape index (κ1) is 17.2. The molecule has 0 amide bonds. The lowest BCUT2D eigenvalue weighted by Crippen LogP contribution is -2.41. The van der Waals surface area contributed by atoms with E-state index in [-0.39, 0.29) is 12.3 Å². The minimum Gasteiger partial charge on any atom is -0.481 e. The fourth-order valence-electron chi connectivity index (χ4n) is 4.42. The van der Waals surface area contributed by atoms with Gasteiger partial charge in [0.05, 0.1) is 23.7 Å². The highest BCUT2D eigenvalue weighted by Gasteiger charge is 2.58. The van der Waals surface area contributed by atoms with Gasteiger partial charge in [-0.05, 0) is 31.1 Å². The molecule has 2 fully saturated rings. The van der Waals surface area contributed by atoms with E-state index in [1.807, 2.05) is 0 Å². The van der Waals surface area contributed by atoms with Gasteiger partial charge in [-0.25, -0.2) is 0 Å². The van der Waals surface area contributed by atoms with Crippen molar-refractivity contribution in [2.24, 2.45) is 35.5 Å². The van der Waals surface area contributed by atoms with Crippen LogP contribution in [0.25, 0.3) is 0 Å². The molecule has 128 valence electrons. The van der Waals surface area contributed by atoms with Crippen LogP contribution >= 0.6 is 0 Å². The molecular weight excluding hydrogens is 308 g/mol. The van der Waals surface area contributed by atoms with Crippen LogP contribution in [0.5, 0.6) is 0 Å².